The molecule has 0 radical (unpaired) electrons. The summed E-state index contributed by atoms with van der Waals surface area (Å²) in [6, 6.07) is 12.7. The number of hydrogen-bond acceptors (Lipinski definition) is 4. The van der Waals surface area contributed by atoms with Gasteiger partial charge in [-0.25, -0.2) is 12.7 Å². The molecular weight excluding hydrogens is 390 g/mol. The second kappa shape index (κ2) is 8.51. The average Bonchev–Trinajstić information content (AvgIpc) is 2.61. The van der Waals surface area contributed by atoms with Crippen LogP contribution >= 0.6 is 11.6 Å². The lowest BCUT2D eigenvalue weighted by Gasteiger charge is -2.19. The minimum atomic E-state index is -3.71. The van der Waals surface area contributed by atoms with Crippen molar-refractivity contribution in [2.75, 3.05) is 33.0 Å². The van der Waals surface area contributed by atoms with Crippen LogP contribution in [0.2, 0.25) is 5.02 Å². The fraction of sp³-hybridized carbons (Fsp3) is 0.222. The number of benzene rings is 2. The van der Waals surface area contributed by atoms with E-state index in [1.165, 1.54) is 44.2 Å². The largest absolute Gasteiger partial charge is 0.332 e. The Hall–Kier alpha value is -2.42. The highest BCUT2D eigenvalue weighted by molar-refractivity contribution is 7.89. The first-order chi connectivity index (χ1) is 12.6. The molecule has 0 unspecified atom stereocenters. The fourth-order valence-corrected chi connectivity index (χ4v) is 3.38. The first-order valence-electron chi connectivity index (χ1n) is 7.95. The van der Waals surface area contributed by atoms with Gasteiger partial charge in [0.05, 0.1) is 22.0 Å². The lowest BCUT2D eigenvalue weighted by Crippen LogP contribution is -2.35. The van der Waals surface area contributed by atoms with Gasteiger partial charge in [0.25, 0.3) is 5.91 Å². The molecule has 7 nitrogen and oxygen atoms in total. The number of nitrogens with one attached hydrogen (secondary N) is 1. The summed E-state index contributed by atoms with van der Waals surface area (Å²) in [5, 5.41) is 2.78. The standard InChI is InChI=1S/C18H20ClN3O4S/c1-21(2)27(25,26)14-9-10-16(19)15(11-14)18(24)22(3)12-17(23)20-13-7-5-4-6-8-13/h4-11H,12H2,1-3H3,(H,20,23). The van der Waals surface area contributed by atoms with Gasteiger partial charge < -0.3 is 10.2 Å². The number of hydrogen-bond donors (Lipinski definition) is 1. The van der Waals surface area contributed by atoms with Gasteiger partial charge in [-0.15, -0.1) is 0 Å². The van der Waals surface area contributed by atoms with Gasteiger partial charge in [0.2, 0.25) is 15.9 Å². The minimum Gasteiger partial charge on any atom is -0.332 e. The summed E-state index contributed by atoms with van der Waals surface area (Å²) in [4.78, 5) is 25.9. The summed E-state index contributed by atoms with van der Waals surface area (Å²) in [6.45, 7) is -0.214. The second-order valence-electron chi connectivity index (χ2n) is 6.00. The number of nitrogens with zero attached hydrogens (tertiary/aromatic N) is 2. The molecule has 144 valence electrons. The Labute approximate surface area is 163 Å². The molecule has 0 spiro atoms. The molecule has 2 rings (SSSR count). The zero-order chi connectivity index (χ0) is 20.2. The highest BCUT2D eigenvalue weighted by atomic mass is 35.5. The number of rotatable bonds is 6. The Bertz CT molecular complexity index is 946. The Morgan fingerprint density at radius 1 is 1.04 bits per heavy atom. The third-order valence-corrected chi connectivity index (χ3v) is 5.87. The first-order valence-corrected chi connectivity index (χ1v) is 9.77. The normalized spacial score (nSPS) is 11.3. The van der Waals surface area contributed by atoms with Gasteiger partial charge >= 0.3 is 0 Å². The van der Waals surface area contributed by atoms with Crippen LogP contribution in [-0.4, -0.2) is 57.1 Å². The molecule has 9 heteroatoms. The fourth-order valence-electron chi connectivity index (χ4n) is 2.25. The number of carbonyl (C=O) groups is 2. The molecule has 0 aliphatic heterocycles. The van der Waals surface area contributed by atoms with Gasteiger partial charge in [-0.2, -0.15) is 0 Å². The third kappa shape index (κ3) is 5.06. The Balaban J connectivity index is 2.17. The number of amides is 2. The van der Waals surface area contributed by atoms with Gasteiger partial charge in [0, 0.05) is 26.8 Å². The molecule has 0 aromatic heterocycles. The van der Waals surface area contributed by atoms with E-state index in [-0.39, 0.29) is 27.9 Å². The summed E-state index contributed by atoms with van der Waals surface area (Å²) in [5.41, 5.74) is 0.620. The van der Waals surface area contributed by atoms with E-state index in [2.05, 4.69) is 5.32 Å². The van der Waals surface area contributed by atoms with Crippen LogP contribution in [0.15, 0.2) is 53.4 Å². The number of carbonyl (C=O) groups excluding carboxylic acids is 2. The van der Waals surface area contributed by atoms with Crippen LogP contribution in [0.3, 0.4) is 0 Å². The topological polar surface area (TPSA) is 86.8 Å². The third-order valence-electron chi connectivity index (χ3n) is 3.73. The van der Waals surface area contributed by atoms with Crippen molar-refractivity contribution >= 4 is 39.1 Å². The highest BCUT2D eigenvalue weighted by Gasteiger charge is 2.23. The predicted molar refractivity (Wildman–Crippen MR) is 104 cm³/mol. The van der Waals surface area contributed by atoms with Crippen LogP contribution in [-0.2, 0) is 14.8 Å². The van der Waals surface area contributed by atoms with Crippen molar-refractivity contribution in [2.24, 2.45) is 0 Å². The van der Waals surface area contributed by atoms with Gasteiger partial charge in [0.1, 0.15) is 0 Å². The van der Waals surface area contributed by atoms with Crippen LogP contribution in [0, 0.1) is 0 Å². The van der Waals surface area contributed by atoms with Gasteiger partial charge in [-0.1, -0.05) is 29.8 Å². The van der Waals surface area contributed by atoms with E-state index in [4.69, 9.17) is 11.6 Å². The van der Waals surface area contributed by atoms with E-state index in [0.717, 1.165) is 4.31 Å². The Morgan fingerprint density at radius 2 is 1.67 bits per heavy atom. The quantitative estimate of drug-likeness (QED) is 0.793. The first kappa shape index (κ1) is 20.9. The van der Waals surface area contributed by atoms with Crippen LogP contribution < -0.4 is 5.32 Å². The van der Waals surface area contributed by atoms with Crippen molar-refractivity contribution in [1.29, 1.82) is 0 Å². The van der Waals surface area contributed by atoms with E-state index in [0.29, 0.717) is 5.69 Å². The zero-order valence-electron chi connectivity index (χ0n) is 15.1. The van der Waals surface area contributed by atoms with Crippen LogP contribution in [0.1, 0.15) is 10.4 Å². The van der Waals surface area contributed by atoms with E-state index in [9.17, 15) is 18.0 Å². The maximum absolute atomic E-state index is 12.7. The summed E-state index contributed by atoms with van der Waals surface area (Å²) in [7, 11) is 0.515. The van der Waals surface area contributed by atoms with Crippen molar-refractivity contribution in [2.45, 2.75) is 4.90 Å². The highest BCUT2D eigenvalue weighted by Crippen LogP contribution is 2.23. The molecule has 0 heterocycles. The number of sulfonamides is 1. The summed E-state index contributed by atoms with van der Waals surface area (Å²) >= 11 is 6.07. The average molecular weight is 410 g/mol. The maximum atomic E-state index is 12.7. The molecule has 0 fully saturated rings. The number of halogens is 1. The molecule has 0 aliphatic carbocycles. The number of para-hydroxylation sites is 1. The van der Waals surface area contributed by atoms with Crippen LogP contribution in [0.5, 0.6) is 0 Å². The molecule has 2 aromatic carbocycles. The SMILES string of the molecule is CN(CC(=O)Nc1ccccc1)C(=O)c1cc(S(=O)(=O)N(C)C)ccc1Cl. The summed E-state index contributed by atoms with van der Waals surface area (Å²) < 4.78 is 25.6. The molecule has 27 heavy (non-hydrogen) atoms. The molecule has 0 atom stereocenters. The Morgan fingerprint density at radius 3 is 2.26 bits per heavy atom. The molecule has 0 saturated carbocycles. The summed E-state index contributed by atoms with van der Waals surface area (Å²) in [5.74, 6) is -0.941. The van der Waals surface area contributed by atoms with Crippen molar-refractivity contribution in [3.8, 4) is 0 Å². The lowest BCUT2D eigenvalue weighted by molar-refractivity contribution is -0.116. The van der Waals surface area contributed by atoms with Crippen LogP contribution in [0.25, 0.3) is 0 Å². The van der Waals surface area contributed by atoms with Crippen LogP contribution in [0.4, 0.5) is 5.69 Å². The van der Waals surface area contributed by atoms with E-state index in [1.54, 1.807) is 24.3 Å². The van der Waals surface area contributed by atoms with Crippen molar-refractivity contribution in [3.05, 3.63) is 59.1 Å². The number of anilines is 1. The van der Waals surface area contributed by atoms with E-state index >= 15 is 0 Å². The molecule has 0 bridgehead atoms. The second-order valence-corrected chi connectivity index (χ2v) is 8.56. The van der Waals surface area contributed by atoms with E-state index < -0.39 is 15.9 Å². The molecular formula is C18H20ClN3O4S. The van der Waals surface area contributed by atoms with Crippen molar-refractivity contribution in [1.82, 2.24) is 9.21 Å². The van der Waals surface area contributed by atoms with Gasteiger partial charge in [-0.05, 0) is 30.3 Å². The van der Waals surface area contributed by atoms with Gasteiger partial charge in [0.15, 0.2) is 0 Å². The van der Waals surface area contributed by atoms with Crippen molar-refractivity contribution in [3.63, 3.8) is 0 Å². The Kier molecular flexibility index (Phi) is 6.59. The molecule has 1 N–H and O–H groups in total. The molecule has 0 saturated heterocycles. The van der Waals surface area contributed by atoms with Gasteiger partial charge in [-0.3, -0.25) is 9.59 Å². The maximum Gasteiger partial charge on any atom is 0.255 e. The number of likely N-dealkylation sites (N-methyl/N-ethyl adjacent to an activating group) is 1. The van der Waals surface area contributed by atoms with E-state index in [1.807, 2.05) is 6.07 Å². The zero-order valence-corrected chi connectivity index (χ0v) is 16.7. The summed E-state index contributed by atoms with van der Waals surface area (Å²) in [6.07, 6.45) is 0. The predicted octanol–water partition coefficient (Wildman–Crippen LogP) is 2.30. The van der Waals surface area contributed by atoms with Crippen molar-refractivity contribution < 1.29 is 18.0 Å². The molecule has 2 amide bonds. The molecule has 2 aromatic rings. The minimum absolute atomic E-state index is 0.00889. The molecule has 0 aliphatic rings. The smallest absolute Gasteiger partial charge is 0.255 e. The monoisotopic (exact) mass is 409 g/mol. The lowest BCUT2D eigenvalue weighted by atomic mass is 10.2.